The number of carbonyl (C=O) groups excluding carboxylic acids is 1. The summed E-state index contributed by atoms with van der Waals surface area (Å²) in [5.41, 5.74) is 0. The molecule has 3 rings (SSSR count). The van der Waals surface area contributed by atoms with Gasteiger partial charge in [-0.3, -0.25) is 0 Å². The third-order valence-corrected chi connectivity index (χ3v) is 4.92. The Bertz CT molecular complexity index is 317. The van der Waals surface area contributed by atoms with Crippen LogP contribution in [-0.2, 0) is 4.74 Å². The van der Waals surface area contributed by atoms with Crippen LogP contribution in [0.1, 0.15) is 32.1 Å². The van der Waals surface area contributed by atoms with Gasteiger partial charge in [0, 0.05) is 32.2 Å². The van der Waals surface area contributed by atoms with Crippen LogP contribution in [0.3, 0.4) is 0 Å². The lowest BCUT2D eigenvalue weighted by atomic mass is 10.00. The molecule has 0 aromatic rings. The topological polar surface area (TPSA) is 36.0 Å². The number of hydrogen-bond acceptors (Lipinski definition) is 3. The van der Waals surface area contributed by atoms with Crippen molar-refractivity contribution >= 4 is 6.03 Å². The van der Waals surface area contributed by atoms with Crippen molar-refractivity contribution in [1.29, 1.82) is 0 Å². The highest BCUT2D eigenvalue weighted by molar-refractivity contribution is 5.74. The van der Waals surface area contributed by atoms with Crippen molar-refractivity contribution in [1.82, 2.24) is 14.7 Å². The van der Waals surface area contributed by atoms with E-state index in [1.54, 1.807) is 0 Å². The van der Waals surface area contributed by atoms with E-state index in [4.69, 9.17) is 4.74 Å². The van der Waals surface area contributed by atoms with Gasteiger partial charge in [-0.2, -0.15) is 0 Å². The van der Waals surface area contributed by atoms with E-state index < -0.39 is 0 Å². The van der Waals surface area contributed by atoms with Gasteiger partial charge in [0.25, 0.3) is 0 Å². The lowest BCUT2D eigenvalue weighted by molar-refractivity contribution is 0.0362. The molecule has 3 aliphatic heterocycles. The summed E-state index contributed by atoms with van der Waals surface area (Å²) in [6.07, 6.45) is 6.40. The summed E-state index contributed by atoms with van der Waals surface area (Å²) >= 11 is 0. The molecular formula is C15H27N3O2. The standard InChI is InChI=1S/C15H27N3O2/c19-15(18-10-12-20-13-11-18)17-8-4-14(5-9-17)16-6-2-1-3-7-16/h14H,1-13H2. The molecule has 20 heavy (non-hydrogen) atoms. The predicted octanol–water partition coefficient (Wildman–Crippen LogP) is 1.39. The van der Waals surface area contributed by atoms with E-state index >= 15 is 0 Å². The maximum atomic E-state index is 12.4. The summed E-state index contributed by atoms with van der Waals surface area (Å²) in [6.45, 7) is 7.28. The fourth-order valence-electron chi connectivity index (χ4n) is 3.66. The van der Waals surface area contributed by atoms with Crippen LogP contribution in [0, 0.1) is 0 Å². The fourth-order valence-corrected chi connectivity index (χ4v) is 3.66. The van der Waals surface area contributed by atoms with Crippen molar-refractivity contribution in [3.05, 3.63) is 0 Å². The minimum Gasteiger partial charge on any atom is -0.378 e. The summed E-state index contributed by atoms with van der Waals surface area (Å²) in [5, 5.41) is 0. The molecule has 0 atom stereocenters. The number of carbonyl (C=O) groups is 1. The van der Waals surface area contributed by atoms with Crippen LogP contribution in [0.4, 0.5) is 4.79 Å². The van der Waals surface area contributed by atoms with Crippen molar-refractivity contribution < 1.29 is 9.53 Å². The van der Waals surface area contributed by atoms with Gasteiger partial charge in [-0.25, -0.2) is 4.79 Å². The van der Waals surface area contributed by atoms with Crippen LogP contribution in [0.25, 0.3) is 0 Å². The third-order valence-electron chi connectivity index (χ3n) is 4.92. The number of rotatable bonds is 1. The zero-order valence-electron chi connectivity index (χ0n) is 12.4. The number of morpholine rings is 1. The van der Waals surface area contributed by atoms with Crippen LogP contribution >= 0.6 is 0 Å². The first kappa shape index (κ1) is 14.1. The summed E-state index contributed by atoms with van der Waals surface area (Å²) < 4.78 is 5.31. The second-order valence-electron chi connectivity index (χ2n) is 6.20. The lowest BCUT2D eigenvalue weighted by Crippen LogP contribution is -2.53. The van der Waals surface area contributed by atoms with E-state index in [9.17, 15) is 4.79 Å². The highest BCUT2D eigenvalue weighted by Gasteiger charge is 2.30. The number of nitrogens with zero attached hydrogens (tertiary/aromatic N) is 3. The van der Waals surface area contributed by atoms with E-state index in [1.165, 1.54) is 32.4 Å². The molecule has 0 aliphatic carbocycles. The Kier molecular flexibility index (Phi) is 4.78. The van der Waals surface area contributed by atoms with E-state index in [0.717, 1.165) is 39.0 Å². The molecule has 0 spiro atoms. The molecule has 0 unspecified atom stereocenters. The number of ether oxygens (including phenoxy) is 1. The van der Waals surface area contributed by atoms with Gasteiger partial charge < -0.3 is 19.4 Å². The summed E-state index contributed by atoms with van der Waals surface area (Å²) in [7, 11) is 0. The van der Waals surface area contributed by atoms with Gasteiger partial charge in [0.2, 0.25) is 0 Å². The molecule has 3 heterocycles. The van der Waals surface area contributed by atoms with E-state index in [1.807, 2.05) is 9.80 Å². The summed E-state index contributed by atoms with van der Waals surface area (Å²) in [6, 6.07) is 0.939. The number of likely N-dealkylation sites (tertiary alicyclic amines) is 2. The zero-order valence-corrected chi connectivity index (χ0v) is 12.4. The van der Waals surface area contributed by atoms with E-state index in [2.05, 4.69) is 4.90 Å². The molecule has 3 saturated heterocycles. The first-order valence-electron chi connectivity index (χ1n) is 8.20. The Hall–Kier alpha value is -0.810. The molecular weight excluding hydrogens is 254 g/mol. The third kappa shape index (κ3) is 3.26. The second kappa shape index (κ2) is 6.76. The monoisotopic (exact) mass is 281 g/mol. The number of hydrogen-bond donors (Lipinski definition) is 0. The van der Waals surface area contributed by atoms with Gasteiger partial charge in [0.1, 0.15) is 0 Å². The lowest BCUT2D eigenvalue weighted by Gasteiger charge is -2.41. The molecule has 114 valence electrons. The van der Waals surface area contributed by atoms with Crippen molar-refractivity contribution in [3.63, 3.8) is 0 Å². The van der Waals surface area contributed by atoms with Crippen molar-refractivity contribution in [2.24, 2.45) is 0 Å². The molecule has 5 nitrogen and oxygen atoms in total. The molecule has 3 aliphatic rings. The predicted molar refractivity (Wildman–Crippen MR) is 77.8 cm³/mol. The smallest absolute Gasteiger partial charge is 0.320 e. The van der Waals surface area contributed by atoms with Crippen molar-refractivity contribution in [3.8, 4) is 0 Å². The second-order valence-corrected chi connectivity index (χ2v) is 6.20. The van der Waals surface area contributed by atoms with Crippen LogP contribution in [0.2, 0.25) is 0 Å². The highest BCUT2D eigenvalue weighted by atomic mass is 16.5. The average molecular weight is 281 g/mol. The molecule has 0 saturated carbocycles. The summed E-state index contributed by atoms with van der Waals surface area (Å²) in [4.78, 5) is 19.1. The Morgan fingerprint density at radius 1 is 0.800 bits per heavy atom. The van der Waals surface area contributed by atoms with Crippen molar-refractivity contribution in [2.45, 2.75) is 38.1 Å². The summed E-state index contributed by atoms with van der Waals surface area (Å²) in [5.74, 6) is 0. The van der Waals surface area contributed by atoms with Gasteiger partial charge in [0.15, 0.2) is 0 Å². The van der Waals surface area contributed by atoms with Gasteiger partial charge in [-0.15, -0.1) is 0 Å². The van der Waals surface area contributed by atoms with Crippen LogP contribution in [-0.4, -0.2) is 79.3 Å². The maximum Gasteiger partial charge on any atom is 0.320 e. The normalized spacial score (nSPS) is 26.8. The Labute approximate surface area is 121 Å². The number of urea groups is 1. The first-order valence-corrected chi connectivity index (χ1v) is 8.20. The Morgan fingerprint density at radius 2 is 1.40 bits per heavy atom. The zero-order chi connectivity index (χ0) is 13.8. The molecule has 0 radical (unpaired) electrons. The molecule has 3 fully saturated rings. The van der Waals surface area contributed by atoms with E-state index in [-0.39, 0.29) is 6.03 Å². The number of piperidine rings is 2. The molecule has 0 aromatic carbocycles. The first-order chi connectivity index (χ1) is 9.84. The molecule has 2 amide bonds. The van der Waals surface area contributed by atoms with Gasteiger partial charge in [-0.1, -0.05) is 6.42 Å². The van der Waals surface area contributed by atoms with Gasteiger partial charge >= 0.3 is 6.03 Å². The van der Waals surface area contributed by atoms with E-state index in [0.29, 0.717) is 19.3 Å². The average Bonchev–Trinajstić information content (AvgIpc) is 2.56. The SMILES string of the molecule is O=C(N1CCOCC1)N1CCC(N2CCCCC2)CC1. The Morgan fingerprint density at radius 3 is 2.05 bits per heavy atom. The number of amides is 2. The minimum absolute atomic E-state index is 0.227. The van der Waals surface area contributed by atoms with Gasteiger partial charge in [-0.05, 0) is 38.8 Å². The molecule has 0 N–H and O–H groups in total. The molecule has 5 heteroatoms. The van der Waals surface area contributed by atoms with Crippen molar-refractivity contribution in [2.75, 3.05) is 52.5 Å². The quantitative estimate of drug-likeness (QED) is 0.729. The largest absolute Gasteiger partial charge is 0.378 e. The van der Waals surface area contributed by atoms with Crippen LogP contribution < -0.4 is 0 Å². The van der Waals surface area contributed by atoms with Gasteiger partial charge in [0.05, 0.1) is 13.2 Å². The fraction of sp³-hybridized carbons (Fsp3) is 0.933. The maximum absolute atomic E-state index is 12.4. The Balaban J connectivity index is 1.46. The minimum atomic E-state index is 0.227. The van der Waals surface area contributed by atoms with Crippen LogP contribution in [0.15, 0.2) is 0 Å². The molecule has 0 bridgehead atoms. The molecule has 0 aromatic heterocycles. The highest BCUT2D eigenvalue weighted by Crippen LogP contribution is 2.21. The van der Waals surface area contributed by atoms with Crippen LogP contribution in [0.5, 0.6) is 0 Å².